The van der Waals surface area contributed by atoms with Crippen molar-refractivity contribution in [2.45, 2.75) is 32.4 Å². The molecule has 1 aliphatic heterocycles. The van der Waals surface area contributed by atoms with Gasteiger partial charge in [-0.15, -0.1) is 0 Å². The third-order valence-electron chi connectivity index (χ3n) is 5.45. The Morgan fingerprint density at radius 2 is 1.79 bits per heavy atom. The zero-order chi connectivity index (χ0) is 24.1. The second kappa shape index (κ2) is 10.5. The number of nitrogens with zero attached hydrogens (tertiary/aromatic N) is 2. The molecule has 1 N–H and O–H groups in total. The number of carbonyl (C=O) groups excluding carboxylic acids is 2. The van der Waals surface area contributed by atoms with Crippen LogP contribution in [0.5, 0.6) is 11.5 Å². The standard InChI is InChI=1S/C26H32N2O5/c1-17(2)33-20-12-10-18(11-13-20)24(29)22-23(19-8-6-9-21(16-19)32-5)28(26(31)25(22)30)15-7-14-27(3)4/h6,8-13,16-17,23,29H,7,14-15H2,1-5H3/b24-22+/t23-/m0/s1. The fourth-order valence-electron chi connectivity index (χ4n) is 3.95. The van der Waals surface area contributed by atoms with Gasteiger partial charge < -0.3 is 24.4 Å². The molecular weight excluding hydrogens is 420 g/mol. The number of Topliss-reactive ketones (excluding diaryl/α,β-unsaturated/α-hetero) is 1. The third kappa shape index (κ3) is 5.54. The molecule has 7 nitrogen and oxygen atoms in total. The number of ketones is 1. The summed E-state index contributed by atoms with van der Waals surface area (Å²) in [6.45, 7) is 5.02. The van der Waals surface area contributed by atoms with Gasteiger partial charge in [-0.25, -0.2) is 0 Å². The van der Waals surface area contributed by atoms with Crippen molar-refractivity contribution in [3.63, 3.8) is 0 Å². The summed E-state index contributed by atoms with van der Waals surface area (Å²) in [5.41, 5.74) is 1.24. The van der Waals surface area contributed by atoms with Gasteiger partial charge in [-0.3, -0.25) is 9.59 Å². The average molecular weight is 453 g/mol. The number of carbonyl (C=O) groups is 2. The molecule has 0 bridgehead atoms. The predicted molar refractivity (Wildman–Crippen MR) is 127 cm³/mol. The summed E-state index contributed by atoms with van der Waals surface area (Å²) in [7, 11) is 5.48. The van der Waals surface area contributed by atoms with E-state index in [-0.39, 0.29) is 17.4 Å². The van der Waals surface area contributed by atoms with Gasteiger partial charge in [0, 0.05) is 12.1 Å². The molecule has 33 heavy (non-hydrogen) atoms. The van der Waals surface area contributed by atoms with Crippen LogP contribution in [0.1, 0.15) is 37.4 Å². The molecule has 2 aromatic rings. The molecule has 7 heteroatoms. The normalized spacial score (nSPS) is 17.8. The van der Waals surface area contributed by atoms with Crippen LogP contribution < -0.4 is 9.47 Å². The topological polar surface area (TPSA) is 79.3 Å². The monoisotopic (exact) mass is 452 g/mol. The van der Waals surface area contributed by atoms with Crippen molar-refractivity contribution in [2.24, 2.45) is 0 Å². The van der Waals surface area contributed by atoms with Crippen LogP contribution in [0.2, 0.25) is 0 Å². The number of rotatable bonds is 9. The van der Waals surface area contributed by atoms with E-state index in [1.807, 2.05) is 45.0 Å². The smallest absolute Gasteiger partial charge is 0.295 e. The Labute approximate surface area is 195 Å². The Hall–Kier alpha value is -3.32. The number of amides is 1. The van der Waals surface area contributed by atoms with E-state index >= 15 is 0 Å². The molecule has 1 heterocycles. The van der Waals surface area contributed by atoms with Gasteiger partial charge >= 0.3 is 0 Å². The number of aliphatic hydroxyl groups excluding tert-OH is 1. The van der Waals surface area contributed by atoms with Crippen LogP contribution in [0.4, 0.5) is 0 Å². The molecule has 176 valence electrons. The van der Waals surface area contributed by atoms with E-state index in [2.05, 4.69) is 0 Å². The number of methoxy groups -OCH3 is 1. The fraction of sp³-hybridized carbons (Fsp3) is 0.385. The Balaban J connectivity index is 2.05. The second-order valence-electron chi connectivity index (χ2n) is 8.62. The third-order valence-corrected chi connectivity index (χ3v) is 5.45. The number of benzene rings is 2. The van der Waals surface area contributed by atoms with Crippen molar-refractivity contribution in [1.29, 1.82) is 0 Å². The van der Waals surface area contributed by atoms with Crippen LogP contribution in [0.25, 0.3) is 5.76 Å². The van der Waals surface area contributed by atoms with Gasteiger partial charge in [0.25, 0.3) is 11.7 Å². The number of likely N-dealkylation sites (tertiary alicyclic amines) is 1. The Morgan fingerprint density at radius 3 is 2.39 bits per heavy atom. The molecule has 0 saturated carbocycles. The maximum Gasteiger partial charge on any atom is 0.295 e. The minimum atomic E-state index is -0.700. The fourth-order valence-corrected chi connectivity index (χ4v) is 3.95. The molecule has 1 atom stereocenters. The highest BCUT2D eigenvalue weighted by atomic mass is 16.5. The minimum absolute atomic E-state index is 0.0185. The minimum Gasteiger partial charge on any atom is -0.507 e. The first-order valence-corrected chi connectivity index (χ1v) is 11.1. The molecule has 0 radical (unpaired) electrons. The van der Waals surface area contributed by atoms with Crippen LogP contribution in [-0.2, 0) is 9.59 Å². The molecule has 0 unspecified atom stereocenters. The highest BCUT2D eigenvalue weighted by Crippen LogP contribution is 2.40. The lowest BCUT2D eigenvalue weighted by Crippen LogP contribution is -2.32. The Morgan fingerprint density at radius 1 is 1.09 bits per heavy atom. The maximum absolute atomic E-state index is 13.1. The van der Waals surface area contributed by atoms with Gasteiger partial charge in [0.15, 0.2) is 0 Å². The largest absolute Gasteiger partial charge is 0.507 e. The first-order valence-electron chi connectivity index (χ1n) is 11.1. The molecule has 0 aromatic heterocycles. The van der Waals surface area contributed by atoms with Gasteiger partial charge in [0.1, 0.15) is 17.3 Å². The Kier molecular flexibility index (Phi) is 7.76. The van der Waals surface area contributed by atoms with Crippen molar-refractivity contribution >= 4 is 17.4 Å². The molecule has 0 aliphatic carbocycles. The highest BCUT2D eigenvalue weighted by Gasteiger charge is 2.45. The van der Waals surface area contributed by atoms with Crippen molar-refractivity contribution in [2.75, 3.05) is 34.3 Å². The van der Waals surface area contributed by atoms with Crippen molar-refractivity contribution in [3.05, 3.63) is 65.2 Å². The van der Waals surface area contributed by atoms with E-state index in [0.29, 0.717) is 35.6 Å². The second-order valence-corrected chi connectivity index (χ2v) is 8.62. The van der Waals surface area contributed by atoms with Gasteiger partial charge in [0.05, 0.1) is 24.8 Å². The lowest BCUT2D eigenvalue weighted by atomic mass is 9.95. The van der Waals surface area contributed by atoms with E-state index in [9.17, 15) is 14.7 Å². The molecule has 1 amide bonds. The van der Waals surface area contributed by atoms with Crippen LogP contribution in [-0.4, -0.2) is 67.0 Å². The summed E-state index contributed by atoms with van der Waals surface area (Å²) in [6.07, 6.45) is 0.715. The average Bonchev–Trinajstić information content (AvgIpc) is 3.03. The van der Waals surface area contributed by atoms with Crippen molar-refractivity contribution in [3.8, 4) is 11.5 Å². The van der Waals surface area contributed by atoms with Crippen molar-refractivity contribution in [1.82, 2.24) is 9.80 Å². The number of aliphatic hydroxyl groups is 1. The van der Waals surface area contributed by atoms with Crippen LogP contribution >= 0.6 is 0 Å². The van der Waals surface area contributed by atoms with Crippen LogP contribution in [0.15, 0.2) is 54.1 Å². The molecular formula is C26H32N2O5. The van der Waals surface area contributed by atoms with Gasteiger partial charge in [-0.1, -0.05) is 12.1 Å². The quantitative estimate of drug-likeness (QED) is 0.354. The number of hydrogen-bond donors (Lipinski definition) is 1. The van der Waals surface area contributed by atoms with E-state index in [4.69, 9.17) is 9.47 Å². The molecule has 3 rings (SSSR count). The van der Waals surface area contributed by atoms with Gasteiger partial charge in [-0.2, -0.15) is 0 Å². The zero-order valence-electron chi connectivity index (χ0n) is 19.9. The summed E-state index contributed by atoms with van der Waals surface area (Å²) >= 11 is 0. The van der Waals surface area contributed by atoms with Gasteiger partial charge in [0.2, 0.25) is 0 Å². The molecule has 2 aromatic carbocycles. The van der Waals surface area contributed by atoms with Gasteiger partial charge in [-0.05, 0) is 82.9 Å². The molecule has 1 fully saturated rings. The first kappa shape index (κ1) is 24.3. The first-order chi connectivity index (χ1) is 15.7. The lowest BCUT2D eigenvalue weighted by molar-refractivity contribution is -0.139. The summed E-state index contributed by atoms with van der Waals surface area (Å²) < 4.78 is 11.0. The zero-order valence-corrected chi connectivity index (χ0v) is 19.9. The maximum atomic E-state index is 13.1. The Bertz CT molecular complexity index is 1030. The van der Waals surface area contributed by atoms with E-state index < -0.39 is 17.7 Å². The van der Waals surface area contributed by atoms with Crippen LogP contribution in [0, 0.1) is 0 Å². The summed E-state index contributed by atoms with van der Waals surface area (Å²) in [4.78, 5) is 29.7. The predicted octanol–water partition coefficient (Wildman–Crippen LogP) is 3.86. The molecule has 1 aliphatic rings. The summed E-state index contributed by atoms with van der Waals surface area (Å²) in [5.74, 6) is -0.223. The lowest BCUT2D eigenvalue weighted by Gasteiger charge is -2.26. The van der Waals surface area contributed by atoms with E-state index in [0.717, 1.165) is 6.54 Å². The van der Waals surface area contributed by atoms with E-state index in [1.165, 1.54) is 0 Å². The molecule has 0 spiro atoms. The van der Waals surface area contributed by atoms with E-state index in [1.54, 1.807) is 48.4 Å². The SMILES string of the molecule is COc1cccc([C@H]2/C(=C(\O)c3ccc(OC(C)C)cc3)C(=O)C(=O)N2CCCN(C)C)c1. The number of ether oxygens (including phenoxy) is 2. The highest BCUT2D eigenvalue weighted by molar-refractivity contribution is 6.46. The number of hydrogen-bond acceptors (Lipinski definition) is 6. The summed E-state index contributed by atoms with van der Waals surface area (Å²) in [5, 5.41) is 11.2. The van der Waals surface area contributed by atoms with Crippen molar-refractivity contribution < 1.29 is 24.2 Å². The molecule has 1 saturated heterocycles. The summed E-state index contributed by atoms with van der Waals surface area (Å²) in [6, 6.07) is 13.4. The van der Waals surface area contributed by atoms with Crippen LogP contribution in [0.3, 0.4) is 0 Å².